The summed E-state index contributed by atoms with van der Waals surface area (Å²) in [7, 11) is 0. The fourth-order valence-electron chi connectivity index (χ4n) is 1.31. The molecule has 13 heavy (non-hydrogen) atoms. The molecule has 3 nitrogen and oxygen atoms in total. The Hall–Kier alpha value is -1.38. The lowest BCUT2D eigenvalue weighted by Crippen LogP contribution is -2.39. The first kappa shape index (κ1) is 9.71. The van der Waals surface area contributed by atoms with Gasteiger partial charge in [0.05, 0.1) is 18.3 Å². The second-order valence-corrected chi connectivity index (χ2v) is 2.85. The van der Waals surface area contributed by atoms with E-state index >= 15 is 0 Å². The summed E-state index contributed by atoms with van der Waals surface area (Å²) in [6, 6.07) is -0.0463. The topological polar surface area (TPSA) is 41.5 Å². The average molecular weight is 178 g/mol. The molecule has 0 saturated carbocycles. The normalized spacial score (nSPS) is 28.6. The molecule has 0 aliphatic carbocycles. The highest BCUT2D eigenvalue weighted by atomic mass is 16.2. The molecule has 2 atom stereocenters. The number of nitrogens with one attached hydrogen (secondary N) is 1. The Morgan fingerprint density at radius 3 is 2.69 bits per heavy atom. The monoisotopic (exact) mass is 178 g/mol. The van der Waals surface area contributed by atoms with Crippen LogP contribution >= 0.6 is 0 Å². The van der Waals surface area contributed by atoms with E-state index in [2.05, 4.69) is 10.3 Å². The van der Waals surface area contributed by atoms with Crippen LogP contribution in [-0.2, 0) is 4.79 Å². The van der Waals surface area contributed by atoms with Crippen LogP contribution in [0.15, 0.2) is 29.3 Å². The molecule has 1 amide bonds. The van der Waals surface area contributed by atoms with Gasteiger partial charge in [-0.25, -0.2) is 0 Å². The first-order valence-corrected chi connectivity index (χ1v) is 4.37. The third-order valence-electron chi connectivity index (χ3n) is 1.91. The van der Waals surface area contributed by atoms with E-state index in [1.165, 1.54) is 6.34 Å². The molecule has 0 aromatic carbocycles. The van der Waals surface area contributed by atoms with Crippen molar-refractivity contribution in [3.63, 3.8) is 0 Å². The Morgan fingerprint density at radius 2 is 2.08 bits per heavy atom. The maximum absolute atomic E-state index is 11.4. The Labute approximate surface area is 78.2 Å². The van der Waals surface area contributed by atoms with Crippen LogP contribution in [0.3, 0.4) is 0 Å². The van der Waals surface area contributed by atoms with E-state index in [1.807, 2.05) is 38.2 Å². The van der Waals surface area contributed by atoms with Gasteiger partial charge in [-0.15, -0.1) is 0 Å². The van der Waals surface area contributed by atoms with Crippen LogP contribution in [0.5, 0.6) is 0 Å². The van der Waals surface area contributed by atoms with E-state index in [9.17, 15) is 4.79 Å². The molecule has 70 valence electrons. The first-order valence-electron chi connectivity index (χ1n) is 4.37. The van der Waals surface area contributed by atoms with Crippen molar-refractivity contribution in [1.82, 2.24) is 5.32 Å². The van der Waals surface area contributed by atoms with Crippen LogP contribution in [0, 0.1) is 5.92 Å². The number of nitrogens with zero attached hydrogens (tertiary/aromatic N) is 1. The van der Waals surface area contributed by atoms with Crippen molar-refractivity contribution in [3.8, 4) is 0 Å². The lowest BCUT2D eigenvalue weighted by Gasteiger charge is -2.20. The first-order chi connectivity index (χ1) is 6.29. The zero-order valence-corrected chi connectivity index (χ0v) is 7.90. The van der Waals surface area contributed by atoms with Crippen molar-refractivity contribution in [3.05, 3.63) is 24.3 Å². The number of hydrogen-bond donors (Lipinski definition) is 1. The highest BCUT2D eigenvalue weighted by molar-refractivity contribution is 5.93. The lowest BCUT2D eigenvalue weighted by atomic mass is 9.97. The van der Waals surface area contributed by atoms with Gasteiger partial charge in [0, 0.05) is 0 Å². The predicted octanol–water partition coefficient (Wildman–Crippen LogP) is 1.28. The van der Waals surface area contributed by atoms with Crippen molar-refractivity contribution in [2.45, 2.75) is 19.9 Å². The Balaban J connectivity index is 2.84. The van der Waals surface area contributed by atoms with Crippen molar-refractivity contribution in [1.29, 1.82) is 0 Å². The quantitative estimate of drug-likeness (QED) is 0.636. The van der Waals surface area contributed by atoms with Gasteiger partial charge in [-0.2, -0.15) is 0 Å². The number of amides is 1. The minimum Gasteiger partial charge on any atom is -0.317 e. The molecule has 0 radical (unpaired) electrons. The third kappa shape index (κ3) is 2.28. The number of aliphatic imine (C=N–C) groups is 1. The Bertz CT molecular complexity index is 266. The van der Waals surface area contributed by atoms with Crippen LogP contribution in [0.2, 0.25) is 0 Å². The number of carbonyl (C=O) groups is 1. The Morgan fingerprint density at radius 1 is 1.38 bits per heavy atom. The number of hydrogen-bond acceptors (Lipinski definition) is 2. The van der Waals surface area contributed by atoms with Gasteiger partial charge in [0.15, 0.2) is 0 Å². The number of rotatable bonds is 2. The molecule has 1 aliphatic heterocycles. The molecule has 0 bridgehead atoms. The van der Waals surface area contributed by atoms with Gasteiger partial charge in [0.2, 0.25) is 5.91 Å². The van der Waals surface area contributed by atoms with E-state index in [-0.39, 0.29) is 17.9 Å². The minimum atomic E-state index is -0.161. The fraction of sp³-hybridized carbons (Fsp3) is 0.400. The SMILES string of the molecule is C/C=C\C1N=CNC(=O)C1/C=C\C. The molecule has 0 saturated heterocycles. The van der Waals surface area contributed by atoms with E-state index in [1.54, 1.807) is 0 Å². The fourth-order valence-corrected chi connectivity index (χ4v) is 1.31. The van der Waals surface area contributed by atoms with Gasteiger partial charge in [-0.1, -0.05) is 24.3 Å². The summed E-state index contributed by atoms with van der Waals surface area (Å²) in [5.74, 6) is -0.151. The van der Waals surface area contributed by atoms with E-state index in [0.29, 0.717) is 0 Å². The smallest absolute Gasteiger partial charge is 0.234 e. The van der Waals surface area contributed by atoms with Gasteiger partial charge in [0.25, 0.3) is 0 Å². The van der Waals surface area contributed by atoms with Crippen molar-refractivity contribution in [2.24, 2.45) is 10.9 Å². The molecule has 0 aromatic heterocycles. The number of carbonyl (C=O) groups excluding carboxylic acids is 1. The van der Waals surface area contributed by atoms with E-state index < -0.39 is 0 Å². The Kier molecular flexibility index (Phi) is 3.43. The maximum Gasteiger partial charge on any atom is 0.234 e. The molecule has 1 aliphatic rings. The van der Waals surface area contributed by atoms with Crippen molar-refractivity contribution < 1.29 is 4.79 Å². The summed E-state index contributed by atoms with van der Waals surface area (Å²) in [5.41, 5.74) is 0. The summed E-state index contributed by atoms with van der Waals surface area (Å²) in [6.07, 6.45) is 9.06. The summed E-state index contributed by atoms with van der Waals surface area (Å²) in [6.45, 7) is 3.83. The van der Waals surface area contributed by atoms with E-state index in [0.717, 1.165) is 0 Å². The van der Waals surface area contributed by atoms with Crippen molar-refractivity contribution in [2.75, 3.05) is 0 Å². The zero-order chi connectivity index (χ0) is 9.68. The van der Waals surface area contributed by atoms with Crippen LogP contribution in [0.25, 0.3) is 0 Å². The molecule has 1 rings (SSSR count). The van der Waals surface area contributed by atoms with Crippen LogP contribution in [0.1, 0.15) is 13.8 Å². The lowest BCUT2D eigenvalue weighted by molar-refractivity contribution is -0.122. The van der Waals surface area contributed by atoms with Gasteiger partial charge >= 0.3 is 0 Å². The maximum atomic E-state index is 11.4. The van der Waals surface area contributed by atoms with Crippen molar-refractivity contribution >= 4 is 12.2 Å². The summed E-state index contributed by atoms with van der Waals surface area (Å²) in [5, 5.41) is 2.59. The van der Waals surface area contributed by atoms with Crippen LogP contribution in [0.4, 0.5) is 0 Å². The largest absolute Gasteiger partial charge is 0.317 e. The van der Waals surface area contributed by atoms with Gasteiger partial charge < -0.3 is 5.32 Å². The van der Waals surface area contributed by atoms with Gasteiger partial charge in [0.1, 0.15) is 0 Å². The zero-order valence-electron chi connectivity index (χ0n) is 7.90. The predicted molar refractivity (Wildman–Crippen MR) is 53.5 cm³/mol. The average Bonchev–Trinajstić information content (AvgIpc) is 2.11. The second-order valence-electron chi connectivity index (χ2n) is 2.85. The van der Waals surface area contributed by atoms with Crippen LogP contribution < -0.4 is 5.32 Å². The number of allylic oxidation sites excluding steroid dienone is 2. The standard InChI is InChI=1S/C10H14N2O/c1-3-5-8-9(6-4-2)11-7-12-10(8)13/h3-9H,1-2H3,(H,11,12,13)/b5-3-,6-4-. The van der Waals surface area contributed by atoms with Crippen LogP contribution in [-0.4, -0.2) is 18.3 Å². The summed E-state index contributed by atoms with van der Waals surface area (Å²) in [4.78, 5) is 15.6. The second kappa shape index (κ2) is 4.60. The molecule has 0 fully saturated rings. The molecule has 1 N–H and O–H groups in total. The molecule has 1 heterocycles. The van der Waals surface area contributed by atoms with Gasteiger partial charge in [-0.05, 0) is 13.8 Å². The molecular weight excluding hydrogens is 164 g/mol. The summed E-state index contributed by atoms with van der Waals surface area (Å²) < 4.78 is 0. The molecule has 0 spiro atoms. The molecule has 3 heteroatoms. The molecular formula is C10H14N2O. The van der Waals surface area contributed by atoms with Gasteiger partial charge in [-0.3, -0.25) is 9.79 Å². The highest BCUT2D eigenvalue weighted by Crippen LogP contribution is 2.14. The molecule has 0 aromatic rings. The third-order valence-corrected chi connectivity index (χ3v) is 1.91. The van der Waals surface area contributed by atoms with E-state index in [4.69, 9.17) is 0 Å². The summed E-state index contributed by atoms with van der Waals surface area (Å²) >= 11 is 0. The minimum absolute atomic E-state index is 0.0104. The molecule has 2 unspecified atom stereocenters. The highest BCUT2D eigenvalue weighted by Gasteiger charge is 2.25.